The van der Waals surface area contributed by atoms with Gasteiger partial charge >= 0.3 is 0 Å². The third kappa shape index (κ3) is 4.55. The van der Waals surface area contributed by atoms with Gasteiger partial charge < -0.3 is 14.8 Å². The van der Waals surface area contributed by atoms with Gasteiger partial charge in [-0.25, -0.2) is 0 Å². The van der Waals surface area contributed by atoms with E-state index in [1.165, 1.54) is 0 Å². The minimum atomic E-state index is 0.436. The molecule has 0 spiro atoms. The molecule has 0 saturated carbocycles. The average Bonchev–Trinajstić information content (AvgIpc) is 2.49. The molecule has 5 nitrogen and oxygen atoms in total. The van der Waals surface area contributed by atoms with Crippen molar-refractivity contribution in [2.24, 2.45) is 5.10 Å². The van der Waals surface area contributed by atoms with Crippen molar-refractivity contribution in [2.45, 2.75) is 6.92 Å². The average molecular weight is 293 g/mol. The zero-order valence-corrected chi connectivity index (χ0v) is 12.7. The number of hydrogen-bond donors (Lipinski definition) is 2. The number of hydrogen-bond acceptors (Lipinski definition) is 4. The van der Waals surface area contributed by atoms with Gasteiger partial charge in [-0.15, -0.1) is 6.58 Å². The molecule has 0 fully saturated rings. The van der Waals surface area contributed by atoms with E-state index in [9.17, 15) is 0 Å². The van der Waals surface area contributed by atoms with Gasteiger partial charge in [-0.2, -0.15) is 5.10 Å². The molecule has 2 N–H and O–H groups in total. The number of benzene rings is 1. The summed E-state index contributed by atoms with van der Waals surface area (Å²) in [4.78, 5) is 0. The highest BCUT2D eigenvalue weighted by Gasteiger charge is 2.08. The number of ether oxygens (including phenoxy) is 2. The maximum Gasteiger partial charge on any atom is 0.187 e. The maximum absolute atomic E-state index is 5.31. The molecule has 20 heavy (non-hydrogen) atoms. The van der Waals surface area contributed by atoms with E-state index in [0.717, 1.165) is 22.8 Å². The van der Waals surface area contributed by atoms with Crippen molar-refractivity contribution in [3.05, 3.63) is 36.4 Å². The first-order valence-corrected chi connectivity index (χ1v) is 6.44. The van der Waals surface area contributed by atoms with Crippen LogP contribution in [0.5, 0.6) is 11.5 Å². The molecule has 1 aromatic carbocycles. The Balaban J connectivity index is 2.86. The molecule has 0 bridgehead atoms. The van der Waals surface area contributed by atoms with Crippen LogP contribution in [0.15, 0.2) is 36.0 Å². The van der Waals surface area contributed by atoms with E-state index in [1.54, 1.807) is 20.3 Å². The first kappa shape index (κ1) is 16.0. The van der Waals surface area contributed by atoms with Crippen LogP contribution in [0.25, 0.3) is 0 Å². The number of nitrogens with zero attached hydrogens (tertiary/aromatic N) is 1. The van der Waals surface area contributed by atoms with Crippen LogP contribution in [0.1, 0.15) is 12.5 Å². The zero-order valence-electron chi connectivity index (χ0n) is 11.9. The van der Waals surface area contributed by atoms with Gasteiger partial charge in [-0.1, -0.05) is 6.08 Å². The Morgan fingerprint density at radius 2 is 2.15 bits per heavy atom. The summed E-state index contributed by atoms with van der Waals surface area (Å²) in [7, 11) is 3.23. The molecule has 6 heteroatoms. The summed E-state index contributed by atoms with van der Waals surface area (Å²) in [5, 5.41) is 7.59. The molecular weight excluding hydrogens is 274 g/mol. The number of thiocarbonyl (C=S) groups is 1. The second-order valence-electron chi connectivity index (χ2n) is 3.87. The Hall–Kier alpha value is -2.08. The highest BCUT2D eigenvalue weighted by Crippen LogP contribution is 2.24. The quantitative estimate of drug-likeness (QED) is 0.364. The molecule has 108 valence electrons. The van der Waals surface area contributed by atoms with Gasteiger partial charge in [0.05, 0.1) is 19.9 Å². The van der Waals surface area contributed by atoms with Gasteiger partial charge in [0.2, 0.25) is 0 Å². The van der Waals surface area contributed by atoms with E-state index in [2.05, 4.69) is 22.4 Å². The number of hydrazone groups is 1. The molecule has 0 aliphatic heterocycles. The van der Waals surface area contributed by atoms with Crippen LogP contribution in [0, 0.1) is 0 Å². The van der Waals surface area contributed by atoms with Crippen LogP contribution < -0.4 is 20.2 Å². The van der Waals surface area contributed by atoms with E-state index in [0.29, 0.717) is 11.7 Å². The van der Waals surface area contributed by atoms with Crippen molar-refractivity contribution in [1.82, 2.24) is 10.7 Å². The van der Waals surface area contributed by atoms with E-state index >= 15 is 0 Å². The third-order valence-corrected chi connectivity index (χ3v) is 2.76. The largest absolute Gasteiger partial charge is 0.497 e. The fraction of sp³-hybridized carbons (Fsp3) is 0.286. The molecule has 0 unspecified atom stereocenters. The first-order chi connectivity index (χ1) is 9.62. The fourth-order valence-electron chi connectivity index (χ4n) is 1.50. The van der Waals surface area contributed by atoms with Crippen LogP contribution in [-0.4, -0.2) is 31.6 Å². The van der Waals surface area contributed by atoms with Crippen molar-refractivity contribution in [1.29, 1.82) is 0 Å². The predicted molar refractivity (Wildman–Crippen MR) is 85.7 cm³/mol. The highest BCUT2D eigenvalue weighted by molar-refractivity contribution is 7.80. The first-order valence-electron chi connectivity index (χ1n) is 6.03. The summed E-state index contributed by atoms with van der Waals surface area (Å²) in [5.41, 5.74) is 4.35. The molecule has 1 aromatic rings. The van der Waals surface area contributed by atoms with Crippen LogP contribution in [0.2, 0.25) is 0 Å². The van der Waals surface area contributed by atoms with Crippen LogP contribution in [-0.2, 0) is 0 Å². The van der Waals surface area contributed by atoms with Crippen molar-refractivity contribution in [3.8, 4) is 11.5 Å². The van der Waals surface area contributed by atoms with Gasteiger partial charge in [0.25, 0.3) is 0 Å². The number of rotatable bonds is 6. The molecule has 0 amide bonds. The maximum atomic E-state index is 5.31. The summed E-state index contributed by atoms with van der Waals surface area (Å²) in [6.45, 7) is 6.05. The lowest BCUT2D eigenvalue weighted by Crippen LogP contribution is -2.32. The normalized spacial score (nSPS) is 10.7. The van der Waals surface area contributed by atoms with Crippen molar-refractivity contribution in [3.63, 3.8) is 0 Å². The van der Waals surface area contributed by atoms with Crippen LogP contribution in [0.3, 0.4) is 0 Å². The Kier molecular flexibility index (Phi) is 6.52. The molecule has 1 rings (SSSR count). The monoisotopic (exact) mass is 293 g/mol. The SMILES string of the molecule is C=CCNC(=S)N/N=C(/C)c1cc(OC)ccc1OC. The van der Waals surface area contributed by atoms with Crippen molar-refractivity contribution < 1.29 is 9.47 Å². The summed E-state index contributed by atoms with van der Waals surface area (Å²) >= 11 is 5.06. The van der Waals surface area contributed by atoms with Gasteiger partial charge in [0.1, 0.15) is 11.5 Å². The minimum Gasteiger partial charge on any atom is -0.497 e. The zero-order chi connectivity index (χ0) is 15.0. The molecule has 0 aromatic heterocycles. The molecule has 0 heterocycles. The van der Waals surface area contributed by atoms with E-state index < -0.39 is 0 Å². The Morgan fingerprint density at radius 1 is 1.40 bits per heavy atom. The smallest absolute Gasteiger partial charge is 0.187 e. The molecular formula is C14H19N3O2S. The lowest BCUT2D eigenvalue weighted by molar-refractivity contribution is 0.402. The molecule has 0 saturated heterocycles. The lowest BCUT2D eigenvalue weighted by atomic mass is 10.1. The standard InChI is InChI=1S/C14H19N3O2S/c1-5-8-15-14(20)17-16-10(2)12-9-11(18-3)6-7-13(12)19-4/h5-7,9H,1,8H2,2-4H3,(H2,15,17,20)/b16-10-. The molecule has 0 aliphatic carbocycles. The van der Waals surface area contributed by atoms with E-state index in [4.69, 9.17) is 21.7 Å². The molecule has 0 atom stereocenters. The van der Waals surface area contributed by atoms with Crippen LogP contribution in [0.4, 0.5) is 0 Å². The van der Waals surface area contributed by atoms with Crippen molar-refractivity contribution in [2.75, 3.05) is 20.8 Å². The minimum absolute atomic E-state index is 0.436. The van der Waals surface area contributed by atoms with Gasteiger partial charge in [0.15, 0.2) is 5.11 Å². The van der Waals surface area contributed by atoms with Gasteiger partial charge in [-0.3, -0.25) is 5.43 Å². The second-order valence-corrected chi connectivity index (χ2v) is 4.28. The summed E-state index contributed by atoms with van der Waals surface area (Å²) < 4.78 is 10.5. The van der Waals surface area contributed by atoms with Crippen molar-refractivity contribution >= 4 is 23.0 Å². The molecule has 0 radical (unpaired) electrons. The second kappa shape index (κ2) is 8.16. The Morgan fingerprint density at radius 3 is 2.75 bits per heavy atom. The molecule has 0 aliphatic rings. The summed E-state index contributed by atoms with van der Waals surface area (Å²) in [6, 6.07) is 5.53. The fourth-order valence-corrected chi connectivity index (χ4v) is 1.63. The van der Waals surface area contributed by atoms with Gasteiger partial charge in [0, 0.05) is 12.1 Å². The number of methoxy groups -OCH3 is 2. The third-order valence-electron chi connectivity index (χ3n) is 2.53. The summed E-state index contributed by atoms with van der Waals surface area (Å²) in [5.74, 6) is 1.46. The Labute approximate surface area is 124 Å². The van der Waals surface area contributed by atoms with E-state index in [1.807, 2.05) is 25.1 Å². The van der Waals surface area contributed by atoms with E-state index in [-0.39, 0.29) is 0 Å². The topological polar surface area (TPSA) is 54.9 Å². The highest BCUT2D eigenvalue weighted by atomic mass is 32.1. The van der Waals surface area contributed by atoms with Gasteiger partial charge in [-0.05, 0) is 37.3 Å². The number of nitrogens with one attached hydrogen (secondary N) is 2. The lowest BCUT2D eigenvalue weighted by Gasteiger charge is -2.11. The predicted octanol–water partition coefficient (Wildman–Crippen LogP) is 2.08. The summed E-state index contributed by atoms with van der Waals surface area (Å²) in [6.07, 6.45) is 1.72. The Bertz CT molecular complexity index is 515. The van der Waals surface area contributed by atoms with Crippen LogP contribution >= 0.6 is 12.2 Å².